The number of carbonyl (C=O) groups is 4. The number of guanidine groups is 1. The van der Waals surface area contributed by atoms with Gasteiger partial charge in [-0.25, -0.2) is 0 Å². The number of nitrogens with two attached hydrogens (primary N) is 3. The van der Waals surface area contributed by atoms with Crippen molar-refractivity contribution in [1.29, 1.82) is 0 Å². The van der Waals surface area contributed by atoms with Crippen LogP contribution in [-0.2, 0) is 19.2 Å². The second-order valence-corrected chi connectivity index (χ2v) is 6.50. The molecule has 0 saturated heterocycles. The van der Waals surface area contributed by atoms with Crippen molar-refractivity contribution in [3.05, 3.63) is 0 Å². The van der Waals surface area contributed by atoms with Crippen LogP contribution >= 0.6 is 12.6 Å². The maximum atomic E-state index is 12.5. The third kappa shape index (κ3) is 11.1. The summed E-state index contributed by atoms with van der Waals surface area (Å²) in [4.78, 5) is 51.1. The molecule has 0 spiro atoms. The SMILES string of the molecule is CC(O)C(NC(=O)C(N)CS)C(=O)NC(CCCN=C(N)N)C(=O)NCC(=O)O. The quantitative estimate of drug-likeness (QED) is 0.0590. The minimum Gasteiger partial charge on any atom is -0.480 e. The van der Waals surface area contributed by atoms with Gasteiger partial charge in [0.25, 0.3) is 0 Å². The van der Waals surface area contributed by atoms with E-state index in [4.69, 9.17) is 22.3 Å². The molecule has 0 aromatic rings. The zero-order valence-corrected chi connectivity index (χ0v) is 16.9. The molecule has 0 saturated carbocycles. The molecule has 13 nitrogen and oxygen atoms in total. The summed E-state index contributed by atoms with van der Waals surface area (Å²) in [5.41, 5.74) is 16.0. The van der Waals surface area contributed by atoms with Crippen molar-refractivity contribution in [3.8, 4) is 0 Å². The Bertz CT molecular complexity index is 612. The number of amides is 3. The van der Waals surface area contributed by atoms with Crippen molar-refractivity contribution in [1.82, 2.24) is 16.0 Å². The second kappa shape index (κ2) is 13.6. The van der Waals surface area contributed by atoms with Crippen molar-refractivity contribution < 1.29 is 29.4 Å². The first kappa shape index (κ1) is 26.4. The predicted octanol–water partition coefficient (Wildman–Crippen LogP) is -4.15. The van der Waals surface area contributed by atoms with Crippen LogP contribution in [-0.4, -0.2) is 82.9 Å². The van der Waals surface area contributed by atoms with Gasteiger partial charge < -0.3 is 43.4 Å². The van der Waals surface area contributed by atoms with Crippen LogP contribution in [0.25, 0.3) is 0 Å². The summed E-state index contributed by atoms with van der Waals surface area (Å²) in [7, 11) is 0. The first-order valence-corrected chi connectivity index (χ1v) is 9.33. The van der Waals surface area contributed by atoms with Crippen molar-refractivity contribution in [2.75, 3.05) is 18.8 Å². The summed E-state index contributed by atoms with van der Waals surface area (Å²) in [6.45, 7) is 0.801. The molecule has 0 aliphatic rings. The van der Waals surface area contributed by atoms with Gasteiger partial charge in [0.05, 0.1) is 12.1 Å². The topological polar surface area (TPSA) is 235 Å². The Balaban J connectivity index is 5.18. The molecule has 4 atom stereocenters. The monoisotopic (exact) mass is 435 g/mol. The highest BCUT2D eigenvalue weighted by atomic mass is 32.1. The van der Waals surface area contributed by atoms with E-state index in [9.17, 15) is 24.3 Å². The first-order chi connectivity index (χ1) is 13.5. The van der Waals surface area contributed by atoms with E-state index in [1.54, 1.807) is 0 Å². The minimum absolute atomic E-state index is 0.0188. The van der Waals surface area contributed by atoms with E-state index in [0.717, 1.165) is 0 Å². The number of thiol groups is 1. The normalized spacial score (nSPS) is 14.6. The lowest BCUT2D eigenvalue weighted by Gasteiger charge is -2.25. The summed E-state index contributed by atoms with van der Waals surface area (Å²) in [5, 5.41) is 25.3. The molecule has 0 bridgehead atoms. The maximum absolute atomic E-state index is 12.5. The van der Waals surface area contributed by atoms with E-state index in [0.29, 0.717) is 6.42 Å². The number of carboxylic acid groups (broad SMARTS) is 1. The number of nitrogens with one attached hydrogen (secondary N) is 3. The van der Waals surface area contributed by atoms with Crippen LogP contribution < -0.4 is 33.2 Å². The fourth-order valence-electron chi connectivity index (χ4n) is 2.07. The van der Waals surface area contributed by atoms with Gasteiger partial charge in [-0.1, -0.05) is 0 Å². The second-order valence-electron chi connectivity index (χ2n) is 6.14. The number of nitrogens with zero attached hydrogens (tertiary/aromatic N) is 1. The van der Waals surface area contributed by atoms with Crippen molar-refractivity contribution in [2.24, 2.45) is 22.2 Å². The van der Waals surface area contributed by atoms with Crippen LogP contribution in [0.2, 0.25) is 0 Å². The van der Waals surface area contributed by atoms with Crippen LogP contribution in [0.3, 0.4) is 0 Å². The summed E-state index contributed by atoms with van der Waals surface area (Å²) in [6, 6.07) is -3.53. The maximum Gasteiger partial charge on any atom is 0.322 e. The molecule has 0 rings (SSSR count). The number of aliphatic imine (C=N–C) groups is 1. The highest BCUT2D eigenvalue weighted by Crippen LogP contribution is 2.02. The van der Waals surface area contributed by atoms with Gasteiger partial charge in [0.15, 0.2) is 5.96 Å². The number of hydrogen-bond donors (Lipinski definition) is 9. The van der Waals surface area contributed by atoms with Crippen molar-refractivity contribution in [2.45, 2.75) is 44.0 Å². The third-order valence-electron chi connectivity index (χ3n) is 3.59. The number of carbonyl (C=O) groups excluding carboxylic acids is 3. The van der Waals surface area contributed by atoms with Gasteiger partial charge >= 0.3 is 5.97 Å². The average molecular weight is 436 g/mol. The Kier molecular flexibility index (Phi) is 12.4. The van der Waals surface area contributed by atoms with E-state index >= 15 is 0 Å². The van der Waals surface area contributed by atoms with Crippen LogP contribution in [0.15, 0.2) is 4.99 Å². The lowest BCUT2D eigenvalue weighted by atomic mass is 10.1. The summed E-state index contributed by atoms with van der Waals surface area (Å²) >= 11 is 3.89. The number of aliphatic hydroxyl groups excluding tert-OH is 1. The predicted molar refractivity (Wildman–Crippen MR) is 108 cm³/mol. The minimum atomic E-state index is -1.39. The number of aliphatic hydroxyl groups is 1. The Morgan fingerprint density at radius 2 is 1.72 bits per heavy atom. The molecule has 3 amide bonds. The zero-order chi connectivity index (χ0) is 22.6. The third-order valence-corrected chi connectivity index (χ3v) is 3.98. The van der Waals surface area contributed by atoms with Crippen LogP contribution in [0, 0.1) is 0 Å². The standard InChI is InChI=1S/C15H29N7O6S/c1-7(23)11(22-12(26)8(16)6-29)14(28)21-9(3-2-4-19-15(17)18)13(27)20-5-10(24)25/h7-9,11,23,29H,2-6,16H2,1H3,(H,20,27)(H,21,28)(H,22,26)(H,24,25)(H4,17,18,19). The number of hydrogen-bond acceptors (Lipinski definition) is 8. The molecule has 0 aromatic carbocycles. The number of aliphatic carboxylic acids is 1. The average Bonchev–Trinajstić information content (AvgIpc) is 2.64. The highest BCUT2D eigenvalue weighted by Gasteiger charge is 2.30. The van der Waals surface area contributed by atoms with E-state index in [-0.39, 0.29) is 24.7 Å². The fourth-order valence-corrected chi connectivity index (χ4v) is 2.23. The molecule has 0 radical (unpaired) electrons. The van der Waals surface area contributed by atoms with E-state index in [1.165, 1.54) is 6.92 Å². The lowest BCUT2D eigenvalue weighted by molar-refractivity contribution is -0.138. The molecule has 11 N–H and O–H groups in total. The Hall–Kier alpha value is -2.58. The van der Waals surface area contributed by atoms with E-state index < -0.39 is 54.5 Å². The van der Waals surface area contributed by atoms with Crippen LogP contribution in [0.1, 0.15) is 19.8 Å². The Morgan fingerprint density at radius 1 is 1.10 bits per heavy atom. The molecular weight excluding hydrogens is 406 g/mol. The van der Waals surface area contributed by atoms with Crippen molar-refractivity contribution >= 4 is 42.3 Å². The number of rotatable bonds is 13. The van der Waals surface area contributed by atoms with Gasteiger partial charge in [0, 0.05) is 12.3 Å². The van der Waals surface area contributed by atoms with Gasteiger partial charge in [-0.3, -0.25) is 24.2 Å². The Morgan fingerprint density at radius 3 is 2.21 bits per heavy atom. The van der Waals surface area contributed by atoms with E-state index in [2.05, 4.69) is 33.6 Å². The van der Waals surface area contributed by atoms with E-state index in [1.807, 2.05) is 0 Å². The van der Waals surface area contributed by atoms with Gasteiger partial charge in [-0.15, -0.1) is 0 Å². The molecule has 0 fully saturated rings. The lowest BCUT2D eigenvalue weighted by Crippen LogP contribution is -2.59. The smallest absolute Gasteiger partial charge is 0.322 e. The van der Waals surface area contributed by atoms with Crippen LogP contribution in [0.4, 0.5) is 0 Å². The summed E-state index contributed by atoms with van der Waals surface area (Å²) in [5.74, 6) is -3.70. The Labute approximate surface area is 173 Å². The van der Waals surface area contributed by atoms with Crippen LogP contribution in [0.5, 0.6) is 0 Å². The fraction of sp³-hybridized carbons (Fsp3) is 0.667. The molecular formula is C15H29N7O6S. The molecule has 0 heterocycles. The zero-order valence-electron chi connectivity index (χ0n) is 16.0. The van der Waals surface area contributed by atoms with Gasteiger partial charge in [0.2, 0.25) is 17.7 Å². The highest BCUT2D eigenvalue weighted by molar-refractivity contribution is 7.80. The first-order valence-electron chi connectivity index (χ1n) is 8.69. The summed E-state index contributed by atoms with van der Waals surface area (Å²) in [6.07, 6.45) is -0.931. The molecule has 0 aliphatic heterocycles. The molecule has 14 heteroatoms. The largest absolute Gasteiger partial charge is 0.480 e. The van der Waals surface area contributed by atoms with Gasteiger partial charge in [-0.05, 0) is 19.8 Å². The molecule has 4 unspecified atom stereocenters. The van der Waals surface area contributed by atoms with Gasteiger partial charge in [0.1, 0.15) is 18.6 Å². The van der Waals surface area contributed by atoms with Crippen molar-refractivity contribution in [3.63, 3.8) is 0 Å². The summed E-state index contributed by atoms with van der Waals surface area (Å²) < 4.78 is 0. The number of carboxylic acids is 1. The van der Waals surface area contributed by atoms with Gasteiger partial charge in [-0.2, -0.15) is 12.6 Å². The molecule has 0 aliphatic carbocycles. The molecule has 0 aromatic heterocycles. The molecule has 29 heavy (non-hydrogen) atoms. The molecule has 166 valence electrons.